The normalized spacial score (nSPS) is 31.2. The molecule has 12 heavy (non-hydrogen) atoms. The summed E-state index contributed by atoms with van der Waals surface area (Å²) in [6.07, 6.45) is 6.52. The van der Waals surface area contributed by atoms with E-state index in [1.807, 2.05) is 7.11 Å². The van der Waals surface area contributed by atoms with Crippen LogP contribution in [0.25, 0.3) is 0 Å². The molecular weight excluding hydrogens is 150 g/mol. The SMILES string of the molecule is CCC(OC)C1(C2(N)CC2)CC1. The van der Waals surface area contributed by atoms with Crippen molar-refractivity contribution in [3.05, 3.63) is 0 Å². The maximum absolute atomic E-state index is 6.26. The summed E-state index contributed by atoms with van der Waals surface area (Å²) in [5.74, 6) is 0. The van der Waals surface area contributed by atoms with Crippen molar-refractivity contribution in [3.63, 3.8) is 0 Å². The zero-order chi connectivity index (χ0) is 8.82. The largest absolute Gasteiger partial charge is 0.381 e. The van der Waals surface area contributed by atoms with Crippen LogP contribution in [-0.2, 0) is 4.74 Å². The molecule has 0 radical (unpaired) electrons. The first-order chi connectivity index (χ1) is 5.68. The lowest BCUT2D eigenvalue weighted by Gasteiger charge is -2.30. The molecule has 0 aromatic heterocycles. The fourth-order valence-electron chi connectivity index (χ4n) is 2.69. The number of rotatable bonds is 4. The van der Waals surface area contributed by atoms with Crippen LogP contribution >= 0.6 is 0 Å². The van der Waals surface area contributed by atoms with Gasteiger partial charge in [0.1, 0.15) is 0 Å². The lowest BCUT2D eigenvalue weighted by Crippen LogP contribution is -2.42. The molecule has 2 nitrogen and oxygen atoms in total. The number of methoxy groups -OCH3 is 1. The quantitative estimate of drug-likeness (QED) is 0.695. The van der Waals surface area contributed by atoms with E-state index in [2.05, 4.69) is 6.92 Å². The Kier molecular flexibility index (Phi) is 1.74. The lowest BCUT2D eigenvalue weighted by molar-refractivity contribution is 0.0206. The minimum atomic E-state index is 0.156. The molecule has 0 amide bonds. The highest BCUT2D eigenvalue weighted by atomic mass is 16.5. The topological polar surface area (TPSA) is 35.2 Å². The molecule has 2 aliphatic carbocycles. The van der Waals surface area contributed by atoms with Gasteiger partial charge in [-0.15, -0.1) is 0 Å². The Bertz CT molecular complexity index is 178. The highest BCUT2D eigenvalue weighted by Crippen LogP contribution is 2.65. The third-order valence-corrected chi connectivity index (χ3v) is 3.84. The van der Waals surface area contributed by atoms with Crippen LogP contribution in [0.1, 0.15) is 39.0 Å². The number of hydrogen-bond acceptors (Lipinski definition) is 2. The van der Waals surface area contributed by atoms with E-state index in [4.69, 9.17) is 10.5 Å². The highest BCUT2D eigenvalue weighted by Gasteiger charge is 2.66. The van der Waals surface area contributed by atoms with E-state index in [9.17, 15) is 0 Å². The molecule has 2 saturated carbocycles. The Balaban J connectivity index is 2.09. The van der Waals surface area contributed by atoms with Gasteiger partial charge >= 0.3 is 0 Å². The summed E-state index contributed by atoms with van der Waals surface area (Å²) in [5, 5.41) is 0. The van der Waals surface area contributed by atoms with E-state index in [1.165, 1.54) is 25.7 Å². The molecule has 2 fully saturated rings. The number of ether oxygens (including phenoxy) is 1. The Hall–Kier alpha value is -0.0800. The molecule has 0 aliphatic heterocycles. The third kappa shape index (κ3) is 0.944. The van der Waals surface area contributed by atoms with Gasteiger partial charge in [0.15, 0.2) is 0 Å². The van der Waals surface area contributed by atoms with Crippen molar-refractivity contribution < 1.29 is 4.74 Å². The van der Waals surface area contributed by atoms with E-state index in [-0.39, 0.29) is 5.54 Å². The molecule has 1 unspecified atom stereocenters. The second-order valence-corrected chi connectivity index (χ2v) is 4.44. The Morgan fingerprint density at radius 3 is 2.17 bits per heavy atom. The molecule has 0 heterocycles. The summed E-state index contributed by atoms with van der Waals surface area (Å²) >= 11 is 0. The van der Waals surface area contributed by atoms with Crippen molar-refractivity contribution >= 4 is 0 Å². The first kappa shape index (κ1) is 8.52. The lowest BCUT2D eigenvalue weighted by atomic mass is 9.86. The zero-order valence-corrected chi connectivity index (χ0v) is 8.10. The predicted octanol–water partition coefficient (Wildman–Crippen LogP) is 1.68. The van der Waals surface area contributed by atoms with E-state index < -0.39 is 0 Å². The molecule has 0 bridgehead atoms. The summed E-state index contributed by atoms with van der Waals surface area (Å²) in [6, 6.07) is 0. The fraction of sp³-hybridized carbons (Fsp3) is 1.00. The smallest absolute Gasteiger partial charge is 0.0642 e. The summed E-state index contributed by atoms with van der Waals surface area (Å²) < 4.78 is 5.51. The van der Waals surface area contributed by atoms with Gasteiger partial charge in [-0.1, -0.05) is 6.92 Å². The molecular formula is C10H19NO. The number of nitrogens with two attached hydrogens (primary N) is 1. The fourth-order valence-corrected chi connectivity index (χ4v) is 2.69. The van der Waals surface area contributed by atoms with Crippen LogP contribution < -0.4 is 5.73 Å². The Labute approximate surface area is 74.5 Å². The van der Waals surface area contributed by atoms with Gasteiger partial charge < -0.3 is 10.5 Å². The first-order valence-corrected chi connectivity index (χ1v) is 5.00. The van der Waals surface area contributed by atoms with Gasteiger partial charge in [0, 0.05) is 18.1 Å². The van der Waals surface area contributed by atoms with Crippen molar-refractivity contribution in [2.45, 2.75) is 50.7 Å². The Morgan fingerprint density at radius 1 is 1.33 bits per heavy atom. The minimum absolute atomic E-state index is 0.156. The molecule has 0 spiro atoms. The average molecular weight is 169 g/mol. The third-order valence-electron chi connectivity index (χ3n) is 3.84. The Morgan fingerprint density at radius 2 is 1.92 bits per heavy atom. The van der Waals surface area contributed by atoms with E-state index >= 15 is 0 Å². The van der Waals surface area contributed by atoms with Crippen molar-refractivity contribution in [1.82, 2.24) is 0 Å². The predicted molar refractivity (Wildman–Crippen MR) is 48.9 cm³/mol. The number of hydrogen-bond donors (Lipinski definition) is 1. The second-order valence-electron chi connectivity index (χ2n) is 4.44. The van der Waals surface area contributed by atoms with Crippen molar-refractivity contribution in [1.29, 1.82) is 0 Å². The summed E-state index contributed by atoms with van der Waals surface area (Å²) in [6.45, 7) is 2.19. The van der Waals surface area contributed by atoms with Crippen molar-refractivity contribution in [3.8, 4) is 0 Å². The molecule has 70 valence electrons. The van der Waals surface area contributed by atoms with Gasteiger partial charge in [-0.3, -0.25) is 0 Å². The van der Waals surface area contributed by atoms with Crippen LogP contribution in [0.15, 0.2) is 0 Å². The van der Waals surface area contributed by atoms with Crippen LogP contribution in [-0.4, -0.2) is 18.8 Å². The maximum atomic E-state index is 6.26. The molecule has 0 aromatic rings. The summed E-state index contributed by atoms with van der Waals surface area (Å²) in [5.41, 5.74) is 6.79. The van der Waals surface area contributed by atoms with E-state index in [1.54, 1.807) is 0 Å². The van der Waals surface area contributed by atoms with Gasteiger partial charge in [0.05, 0.1) is 6.10 Å². The first-order valence-electron chi connectivity index (χ1n) is 5.00. The van der Waals surface area contributed by atoms with Gasteiger partial charge in [-0.05, 0) is 32.1 Å². The summed E-state index contributed by atoms with van der Waals surface area (Å²) in [7, 11) is 1.82. The van der Waals surface area contributed by atoms with Crippen molar-refractivity contribution in [2.24, 2.45) is 11.1 Å². The van der Waals surface area contributed by atoms with Crippen molar-refractivity contribution in [2.75, 3.05) is 7.11 Å². The van der Waals surface area contributed by atoms with Gasteiger partial charge in [-0.25, -0.2) is 0 Å². The zero-order valence-electron chi connectivity index (χ0n) is 8.10. The standard InChI is InChI=1S/C10H19NO/c1-3-8(12-2)9(4-5-9)10(11)6-7-10/h8H,3-7,11H2,1-2H3. The maximum Gasteiger partial charge on any atom is 0.0642 e. The minimum Gasteiger partial charge on any atom is -0.381 e. The molecule has 0 saturated heterocycles. The van der Waals surface area contributed by atoms with Crippen LogP contribution in [0.4, 0.5) is 0 Å². The monoisotopic (exact) mass is 169 g/mol. The van der Waals surface area contributed by atoms with Gasteiger partial charge in [0.25, 0.3) is 0 Å². The van der Waals surface area contributed by atoms with E-state index in [0.717, 1.165) is 6.42 Å². The molecule has 2 aliphatic rings. The molecule has 2 rings (SSSR count). The van der Waals surface area contributed by atoms with E-state index in [0.29, 0.717) is 11.5 Å². The van der Waals surface area contributed by atoms with Gasteiger partial charge in [-0.2, -0.15) is 0 Å². The molecule has 1 atom stereocenters. The summed E-state index contributed by atoms with van der Waals surface area (Å²) in [4.78, 5) is 0. The molecule has 0 aromatic carbocycles. The average Bonchev–Trinajstić information content (AvgIpc) is 2.89. The highest BCUT2D eigenvalue weighted by molar-refractivity contribution is 5.21. The molecule has 2 heteroatoms. The van der Waals surface area contributed by atoms with Crippen LogP contribution in [0.3, 0.4) is 0 Å². The second kappa shape index (κ2) is 2.46. The molecule has 2 N–H and O–H groups in total. The van der Waals surface area contributed by atoms with Crippen LogP contribution in [0.2, 0.25) is 0 Å². The van der Waals surface area contributed by atoms with Gasteiger partial charge in [0.2, 0.25) is 0 Å². The van der Waals surface area contributed by atoms with Crippen LogP contribution in [0, 0.1) is 5.41 Å². The van der Waals surface area contributed by atoms with Crippen LogP contribution in [0.5, 0.6) is 0 Å².